The van der Waals surface area contributed by atoms with Crippen LogP contribution in [0.4, 0.5) is 0 Å². The second-order valence-electron chi connectivity index (χ2n) is 2.70. The number of hydrogen-bond donors (Lipinski definition) is 0. The van der Waals surface area contributed by atoms with Crippen LogP contribution in [0.25, 0.3) is 0 Å². The fourth-order valence-corrected chi connectivity index (χ4v) is 1.27. The third-order valence-corrected chi connectivity index (χ3v) is 2.10. The van der Waals surface area contributed by atoms with Gasteiger partial charge in [-0.05, 0) is 18.2 Å². The quantitative estimate of drug-likeness (QED) is 0.298. The third-order valence-electron chi connectivity index (χ3n) is 1.61. The predicted octanol–water partition coefficient (Wildman–Crippen LogP) is -1.13. The summed E-state index contributed by atoms with van der Waals surface area (Å²) in [6, 6.07) is 7.14. The zero-order valence-electron chi connectivity index (χ0n) is 8.70. The van der Waals surface area contributed by atoms with Crippen molar-refractivity contribution in [1.82, 2.24) is 0 Å². The molecule has 70 valence electrons. The molecule has 1 aromatic carbocycles. The second kappa shape index (κ2) is 5.74. The molecule has 0 aromatic heterocycles. The number of halogens is 1. The summed E-state index contributed by atoms with van der Waals surface area (Å²) in [6.07, 6.45) is -0.348. The first-order valence-electron chi connectivity index (χ1n) is 3.84. The van der Waals surface area contributed by atoms with E-state index in [0.29, 0.717) is 12.4 Å². The van der Waals surface area contributed by atoms with E-state index < -0.39 is 0 Å². The standard InChI is InChI=1S/C9H7BrO3.K.H/c10-6-2-1-3-7(4-6)13-9(11)8-5-12-8;;/h1-4,8H,5H2;;/q;+1;-1. The molecule has 0 aliphatic carbocycles. The number of rotatable bonds is 2. The maximum Gasteiger partial charge on any atom is 1.00 e. The summed E-state index contributed by atoms with van der Waals surface area (Å²) in [5.74, 6) is 0.216. The van der Waals surface area contributed by atoms with E-state index in [9.17, 15) is 4.79 Å². The second-order valence-corrected chi connectivity index (χ2v) is 3.62. The maximum atomic E-state index is 11.1. The molecule has 1 aromatic rings. The van der Waals surface area contributed by atoms with Crippen molar-refractivity contribution in [3.8, 4) is 5.75 Å². The SMILES string of the molecule is O=C(Oc1cccc(Br)c1)C1CO1.[H-].[K+]. The normalized spacial score (nSPS) is 18.2. The van der Waals surface area contributed by atoms with Crippen molar-refractivity contribution in [1.29, 1.82) is 0 Å². The van der Waals surface area contributed by atoms with Gasteiger partial charge in [0.25, 0.3) is 0 Å². The van der Waals surface area contributed by atoms with E-state index in [-0.39, 0.29) is 64.9 Å². The molecule has 5 heteroatoms. The average molecular weight is 283 g/mol. The first kappa shape index (κ1) is 12.8. The van der Waals surface area contributed by atoms with Crippen LogP contribution < -0.4 is 56.1 Å². The topological polar surface area (TPSA) is 38.8 Å². The Labute approximate surface area is 134 Å². The van der Waals surface area contributed by atoms with Crippen molar-refractivity contribution in [3.63, 3.8) is 0 Å². The van der Waals surface area contributed by atoms with Crippen molar-refractivity contribution in [2.45, 2.75) is 6.10 Å². The Morgan fingerprint density at radius 3 is 2.93 bits per heavy atom. The van der Waals surface area contributed by atoms with Gasteiger partial charge < -0.3 is 10.9 Å². The molecular formula is C9H8BrKO3. The number of ether oxygens (including phenoxy) is 2. The Morgan fingerprint density at radius 2 is 2.36 bits per heavy atom. The largest absolute Gasteiger partial charge is 1.00 e. The molecule has 1 fully saturated rings. The van der Waals surface area contributed by atoms with Crippen LogP contribution in [-0.4, -0.2) is 18.7 Å². The molecule has 1 saturated heterocycles. The third kappa shape index (κ3) is 3.73. The molecule has 0 radical (unpaired) electrons. The van der Waals surface area contributed by atoms with Gasteiger partial charge in [-0.15, -0.1) is 0 Å². The summed E-state index contributed by atoms with van der Waals surface area (Å²) in [7, 11) is 0. The summed E-state index contributed by atoms with van der Waals surface area (Å²) in [5.41, 5.74) is 0. The molecule has 0 bridgehead atoms. The average Bonchev–Trinajstić information content (AvgIpc) is 2.85. The smallest absolute Gasteiger partial charge is 1.00 e. The van der Waals surface area contributed by atoms with Crippen LogP contribution in [0.15, 0.2) is 28.7 Å². The zero-order valence-corrected chi connectivity index (χ0v) is 12.4. The summed E-state index contributed by atoms with van der Waals surface area (Å²) < 4.78 is 10.7. The van der Waals surface area contributed by atoms with Gasteiger partial charge in [-0.25, -0.2) is 4.79 Å². The molecule has 0 amide bonds. The predicted molar refractivity (Wildman–Crippen MR) is 50.6 cm³/mol. The van der Waals surface area contributed by atoms with Gasteiger partial charge in [0.05, 0.1) is 6.61 Å². The van der Waals surface area contributed by atoms with Crippen molar-refractivity contribution < 1.29 is 67.1 Å². The van der Waals surface area contributed by atoms with E-state index in [2.05, 4.69) is 15.9 Å². The monoisotopic (exact) mass is 282 g/mol. The fraction of sp³-hybridized carbons (Fsp3) is 0.222. The number of epoxide rings is 1. The van der Waals surface area contributed by atoms with E-state index in [1.54, 1.807) is 18.2 Å². The zero-order chi connectivity index (χ0) is 9.26. The maximum absolute atomic E-state index is 11.1. The molecule has 0 N–H and O–H groups in total. The molecule has 3 nitrogen and oxygen atoms in total. The minimum atomic E-state index is -0.348. The molecule has 0 saturated carbocycles. The van der Waals surface area contributed by atoms with Gasteiger partial charge in [-0.3, -0.25) is 0 Å². The number of benzene rings is 1. The van der Waals surface area contributed by atoms with Gasteiger partial charge in [0.2, 0.25) is 0 Å². The van der Waals surface area contributed by atoms with Gasteiger partial charge >= 0.3 is 57.4 Å². The summed E-state index contributed by atoms with van der Waals surface area (Å²) in [4.78, 5) is 11.1. The fourth-order valence-electron chi connectivity index (χ4n) is 0.897. The summed E-state index contributed by atoms with van der Waals surface area (Å²) in [5, 5.41) is 0. The van der Waals surface area contributed by atoms with Crippen LogP contribution in [-0.2, 0) is 9.53 Å². The van der Waals surface area contributed by atoms with E-state index in [1.165, 1.54) is 0 Å². The van der Waals surface area contributed by atoms with E-state index in [1.807, 2.05) is 6.07 Å². The van der Waals surface area contributed by atoms with Crippen LogP contribution in [0.3, 0.4) is 0 Å². The van der Waals surface area contributed by atoms with Crippen LogP contribution in [0, 0.1) is 0 Å². The number of hydrogen-bond acceptors (Lipinski definition) is 3. The molecule has 1 aliphatic rings. The molecular weight excluding hydrogens is 275 g/mol. The van der Waals surface area contributed by atoms with Gasteiger partial charge in [0.15, 0.2) is 6.10 Å². The minimum Gasteiger partial charge on any atom is -1.00 e. The van der Waals surface area contributed by atoms with E-state index in [4.69, 9.17) is 9.47 Å². The first-order valence-corrected chi connectivity index (χ1v) is 4.64. The van der Waals surface area contributed by atoms with Gasteiger partial charge in [-0.2, -0.15) is 0 Å². The Morgan fingerprint density at radius 1 is 1.64 bits per heavy atom. The Bertz CT molecular complexity index is 344. The molecule has 1 aliphatic heterocycles. The molecule has 1 heterocycles. The van der Waals surface area contributed by atoms with Crippen LogP contribution in [0.5, 0.6) is 5.75 Å². The number of carbonyl (C=O) groups excluding carboxylic acids is 1. The molecule has 2 rings (SSSR count). The van der Waals surface area contributed by atoms with Crippen molar-refractivity contribution in [3.05, 3.63) is 28.7 Å². The number of esters is 1. The molecule has 1 unspecified atom stereocenters. The molecule has 14 heavy (non-hydrogen) atoms. The van der Waals surface area contributed by atoms with E-state index >= 15 is 0 Å². The van der Waals surface area contributed by atoms with Crippen molar-refractivity contribution in [2.24, 2.45) is 0 Å². The minimum absolute atomic E-state index is 0. The van der Waals surface area contributed by atoms with Crippen LogP contribution in [0.2, 0.25) is 0 Å². The number of carbonyl (C=O) groups is 1. The van der Waals surface area contributed by atoms with Gasteiger partial charge in [-0.1, -0.05) is 22.0 Å². The first-order chi connectivity index (χ1) is 6.25. The Kier molecular flexibility index (Phi) is 5.26. The Hall–Kier alpha value is 0.766. The van der Waals surface area contributed by atoms with Gasteiger partial charge in [0, 0.05) is 4.47 Å². The van der Waals surface area contributed by atoms with Gasteiger partial charge in [0.1, 0.15) is 5.75 Å². The van der Waals surface area contributed by atoms with Crippen LogP contribution in [0.1, 0.15) is 1.43 Å². The summed E-state index contributed by atoms with van der Waals surface area (Å²) >= 11 is 3.28. The van der Waals surface area contributed by atoms with Crippen LogP contribution >= 0.6 is 15.9 Å². The van der Waals surface area contributed by atoms with E-state index in [0.717, 1.165) is 4.47 Å². The van der Waals surface area contributed by atoms with Crippen molar-refractivity contribution in [2.75, 3.05) is 6.61 Å². The molecule has 1 atom stereocenters. The Balaban J connectivity index is 0.000000980. The molecule has 0 spiro atoms. The van der Waals surface area contributed by atoms with Crippen molar-refractivity contribution >= 4 is 21.9 Å². The summed E-state index contributed by atoms with van der Waals surface area (Å²) in [6.45, 7) is 0.479.